The summed E-state index contributed by atoms with van der Waals surface area (Å²) in [7, 11) is 2.75. The number of hydrogen-bond acceptors (Lipinski definition) is 6. The Bertz CT molecular complexity index is 834. The summed E-state index contributed by atoms with van der Waals surface area (Å²) in [4.78, 5) is 23.5. The summed E-state index contributed by atoms with van der Waals surface area (Å²) in [5.41, 5.74) is 2.56. The van der Waals surface area contributed by atoms with Crippen molar-refractivity contribution in [1.29, 1.82) is 0 Å². The lowest BCUT2D eigenvalue weighted by Gasteiger charge is -2.12. The van der Waals surface area contributed by atoms with Gasteiger partial charge in [0, 0.05) is 0 Å². The molecule has 0 saturated heterocycles. The van der Waals surface area contributed by atoms with Gasteiger partial charge in [0.15, 0.2) is 18.1 Å². The maximum Gasteiger partial charge on any atom is 0.337 e. The monoisotopic (exact) mass is 387 g/mol. The van der Waals surface area contributed by atoms with Crippen LogP contribution in [0.4, 0.5) is 0 Å². The number of rotatable bonds is 9. The standard InChI is InChI=1S/C21H25NO6/c1-14-5-7-17(15(2)11-14)27-10-9-22-20(23)13-28-18-8-6-16(21(24)26-4)12-19(18)25-3/h5-8,11-12H,9-10,13H2,1-4H3,(H,22,23). The highest BCUT2D eigenvalue weighted by Gasteiger charge is 2.12. The molecule has 0 aromatic heterocycles. The molecule has 28 heavy (non-hydrogen) atoms. The molecule has 1 amide bonds. The summed E-state index contributed by atoms with van der Waals surface area (Å²) in [5.74, 6) is 0.729. The highest BCUT2D eigenvalue weighted by molar-refractivity contribution is 5.90. The Kier molecular flexibility index (Phi) is 7.68. The zero-order valence-electron chi connectivity index (χ0n) is 16.5. The van der Waals surface area contributed by atoms with Crippen LogP contribution in [0.2, 0.25) is 0 Å². The van der Waals surface area contributed by atoms with Crippen LogP contribution >= 0.6 is 0 Å². The molecule has 0 bridgehead atoms. The van der Waals surface area contributed by atoms with Gasteiger partial charge in [0.1, 0.15) is 12.4 Å². The molecule has 0 saturated carbocycles. The molecule has 2 aromatic carbocycles. The fourth-order valence-corrected chi connectivity index (χ4v) is 2.54. The molecule has 2 aromatic rings. The molecule has 0 radical (unpaired) electrons. The molecule has 0 aliphatic carbocycles. The maximum atomic E-state index is 12.0. The number of nitrogens with one attached hydrogen (secondary N) is 1. The van der Waals surface area contributed by atoms with Gasteiger partial charge in [-0.25, -0.2) is 4.79 Å². The first-order valence-electron chi connectivity index (χ1n) is 8.80. The smallest absolute Gasteiger partial charge is 0.337 e. The first-order valence-corrected chi connectivity index (χ1v) is 8.80. The van der Waals surface area contributed by atoms with Crippen LogP contribution in [0.3, 0.4) is 0 Å². The van der Waals surface area contributed by atoms with E-state index in [4.69, 9.17) is 14.2 Å². The van der Waals surface area contributed by atoms with Gasteiger partial charge in [0.25, 0.3) is 5.91 Å². The van der Waals surface area contributed by atoms with E-state index >= 15 is 0 Å². The van der Waals surface area contributed by atoms with E-state index in [1.807, 2.05) is 32.0 Å². The van der Waals surface area contributed by atoms with Crippen LogP contribution in [0, 0.1) is 13.8 Å². The molecule has 0 spiro atoms. The van der Waals surface area contributed by atoms with Gasteiger partial charge in [0.05, 0.1) is 26.3 Å². The number of benzene rings is 2. The molecule has 2 rings (SSSR count). The highest BCUT2D eigenvalue weighted by atomic mass is 16.5. The third-order valence-corrected chi connectivity index (χ3v) is 3.96. The SMILES string of the molecule is COC(=O)c1ccc(OCC(=O)NCCOc2ccc(C)cc2C)c(OC)c1. The fraction of sp³-hybridized carbons (Fsp3) is 0.333. The van der Waals surface area contributed by atoms with Crippen molar-refractivity contribution in [1.82, 2.24) is 5.32 Å². The van der Waals surface area contributed by atoms with Gasteiger partial charge in [-0.15, -0.1) is 0 Å². The molecule has 7 nitrogen and oxygen atoms in total. The number of carbonyl (C=O) groups excluding carboxylic acids is 2. The van der Waals surface area contributed by atoms with Gasteiger partial charge in [-0.3, -0.25) is 4.79 Å². The zero-order valence-corrected chi connectivity index (χ0v) is 16.5. The fourth-order valence-electron chi connectivity index (χ4n) is 2.54. The van der Waals surface area contributed by atoms with Gasteiger partial charge in [-0.1, -0.05) is 17.7 Å². The minimum Gasteiger partial charge on any atom is -0.493 e. The van der Waals surface area contributed by atoms with Crippen LogP contribution in [-0.2, 0) is 9.53 Å². The van der Waals surface area contributed by atoms with Crippen LogP contribution in [0.15, 0.2) is 36.4 Å². The van der Waals surface area contributed by atoms with Crippen molar-refractivity contribution in [3.05, 3.63) is 53.1 Å². The van der Waals surface area contributed by atoms with Crippen molar-refractivity contribution in [3.63, 3.8) is 0 Å². The van der Waals surface area contributed by atoms with Crippen molar-refractivity contribution in [3.8, 4) is 17.2 Å². The Labute approximate surface area is 164 Å². The second-order valence-corrected chi connectivity index (χ2v) is 6.11. The summed E-state index contributed by atoms with van der Waals surface area (Å²) in [5, 5.41) is 2.73. The van der Waals surface area contributed by atoms with Gasteiger partial charge in [-0.05, 0) is 43.7 Å². The van der Waals surface area contributed by atoms with Crippen LogP contribution in [0.25, 0.3) is 0 Å². The number of hydrogen-bond donors (Lipinski definition) is 1. The molecule has 1 N–H and O–H groups in total. The minimum absolute atomic E-state index is 0.183. The third-order valence-electron chi connectivity index (χ3n) is 3.96. The molecule has 150 valence electrons. The van der Waals surface area contributed by atoms with Gasteiger partial charge < -0.3 is 24.3 Å². The number of aryl methyl sites for hydroxylation is 2. The Hall–Kier alpha value is -3.22. The molecular formula is C21H25NO6. The number of esters is 1. The molecule has 0 aliphatic rings. The van der Waals surface area contributed by atoms with Crippen LogP contribution in [0.5, 0.6) is 17.2 Å². The van der Waals surface area contributed by atoms with Gasteiger partial charge >= 0.3 is 5.97 Å². The molecule has 0 atom stereocenters. The normalized spacial score (nSPS) is 10.1. The molecule has 0 aliphatic heterocycles. The predicted molar refractivity (Wildman–Crippen MR) is 104 cm³/mol. The number of carbonyl (C=O) groups is 2. The van der Waals surface area contributed by atoms with Crippen molar-refractivity contribution in [2.24, 2.45) is 0 Å². The second kappa shape index (κ2) is 10.2. The summed E-state index contributed by atoms with van der Waals surface area (Å²) in [6.07, 6.45) is 0. The van der Waals surface area contributed by atoms with Gasteiger partial charge in [0.2, 0.25) is 0 Å². The lowest BCUT2D eigenvalue weighted by Crippen LogP contribution is -2.32. The van der Waals surface area contributed by atoms with Crippen molar-refractivity contribution in [2.45, 2.75) is 13.8 Å². The summed E-state index contributed by atoms with van der Waals surface area (Å²) < 4.78 is 21.0. The van der Waals surface area contributed by atoms with E-state index in [1.54, 1.807) is 12.1 Å². The van der Waals surface area contributed by atoms with E-state index in [1.165, 1.54) is 25.8 Å². The Morgan fingerprint density at radius 3 is 2.36 bits per heavy atom. The van der Waals surface area contributed by atoms with E-state index in [0.717, 1.165) is 11.3 Å². The molecule has 7 heteroatoms. The Balaban J connectivity index is 1.78. The van der Waals surface area contributed by atoms with Crippen LogP contribution in [0.1, 0.15) is 21.5 Å². The third kappa shape index (κ3) is 5.90. The van der Waals surface area contributed by atoms with Crippen LogP contribution < -0.4 is 19.5 Å². The van der Waals surface area contributed by atoms with Gasteiger partial charge in [-0.2, -0.15) is 0 Å². The van der Waals surface area contributed by atoms with Crippen molar-refractivity contribution in [2.75, 3.05) is 34.0 Å². The van der Waals surface area contributed by atoms with E-state index in [0.29, 0.717) is 30.2 Å². The Morgan fingerprint density at radius 2 is 1.68 bits per heavy atom. The number of ether oxygens (including phenoxy) is 4. The summed E-state index contributed by atoms with van der Waals surface area (Å²) in [6.45, 7) is 4.53. The zero-order chi connectivity index (χ0) is 20.5. The lowest BCUT2D eigenvalue weighted by atomic mass is 10.1. The molecule has 0 unspecified atom stereocenters. The minimum atomic E-state index is -0.480. The van der Waals surface area contributed by atoms with Crippen LogP contribution in [-0.4, -0.2) is 45.9 Å². The quantitative estimate of drug-likeness (QED) is 0.526. The molecule has 0 heterocycles. The number of methoxy groups -OCH3 is 2. The average molecular weight is 387 g/mol. The Morgan fingerprint density at radius 1 is 0.929 bits per heavy atom. The second-order valence-electron chi connectivity index (χ2n) is 6.11. The highest BCUT2D eigenvalue weighted by Crippen LogP contribution is 2.28. The topological polar surface area (TPSA) is 83.1 Å². The van der Waals surface area contributed by atoms with E-state index < -0.39 is 5.97 Å². The summed E-state index contributed by atoms with van der Waals surface area (Å²) in [6, 6.07) is 10.5. The van der Waals surface area contributed by atoms with Crippen molar-refractivity contribution < 1.29 is 28.5 Å². The lowest BCUT2D eigenvalue weighted by molar-refractivity contribution is -0.123. The average Bonchev–Trinajstić information content (AvgIpc) is 2.70. The predicted octanol–water partition coefficient (Wildman–Crippen LogP) is 2.67. The first-order chi connectivity index (χ1) is 13.4. The van der Waals surface area contributed by atoms with E-state index in [-0.39, 0.29) is 12.5 Å². The van der Waals surface area contributed by atoms with Crippen molar-refractivity contribution >= 4 is 11.9 Å². The number of amides is 1. The maximum absolute atomic E-state index is 12.0. The first kappa shape index (κ1) is 21.1. The molecular weight excluding hydrogens is 362 g/mol. The van der Waals surface area contributed by atoms with E-state index in [9.17, 15) is 9.59 Å². The molecule has 0 fully saturated rings. The largest absolute Gasteiger partial charge is 0.493 e. The van der Waals surface area contributed by atoms with E-state index in [2.05, 4.69) is 10.1 Å². The summed E-state index contributed by atoms with van der Waals surface area (Å²) >= 11 is 0.